The van der Waals surface area contributed by atoms with Gasteiger partial charge in [-0.2, -0.15) is 0 Å². The molecule has 1 aromatic carbocycles. The second-order valence-electron chi connectivity index (χ2n) is 10.5. The Kier molecular flexibility index (Phi) is 6.72. The molecular weight excluding hydrogens is 481 g/mol. The van der Waals surface area contributed by atoms with Crippen LogP contribution in [0.4, 0.5) is 30.2 Å². The van der Waals surface area contributed by atoms with Crippen molar-refractivity contribution in [1.82, 2.24) is 9.97 Å². The summed E-state index contributed by atoms with van der Waals surface area (Å²) in [4.78, 5) is 12.3. The van der Waals surface area contributed by atoms with Crippen molar-refractivity contribution in [2.45, 2.75) is 38.5 Å². The van der Waals surface area contributed by atoms with E-state index in [4.69, 9.17) is 5.73 Å². The molecule has 4 heterocycles. The summed E-state index contributed by atoms with van der Waals surface area (Å²) in [6.07, 6.45) is 4.39. The first kappa shape index (κ1) is 25.3. The number of piperidine rings is 1. The van der Waals surface area contributed by atoms with Gasteiger partial charge in [0, 0.05) is 44.1 Å². The molecule has 5 rings (SSSR count). The second-order valence-corrected chi connectivity index (χ2v) is 10.5. The van der Waals surface area contributed by atoms with Crippen LogP contribution in [-0.4, -0.2) is 52.9 Å². The number of rotatable bonds is 6. The first-order valence-electron chi connectivity index (χ1n) is 12.4. The fraction of sp³-hybridized carbons (Fsp3) is 0.407. The van der Waals surface area contributed by atoms with E-state index < -0.39 is 34.3 Å². The van der Waals surface area contributed by atoms with Crippen molar-refractivity contribution >= 4 is 17.1 Å². The smallest absolute Gasteiger partial charge is 0.149 e. The minimum absolute atomic E-state index is 0.0801. The largest absolute Gasteiger partial charge is 0.386 e. The lowest BCUT2D eigenvalue weighted by atomic mass is 9.95. The highest BCUT2D eigenvalue weighted by molar-refractivity contribution is 5.69. The fourth-order valence-electron chi connectivity index (χ4n) is 5.26. The lowest BCUT2D eigenvalue weighted by Gasteiger charge is -2.45. The Labute approximate surface area is 214 Å². The van der Waals surface area contributed by atoms with Gasteiger partial charge < -0.3 is 26.0 Å². The molecule has 2 aliphatic heterocycles. The lowest BCUT2D eigenvalue weighted by molar-refractivity contribution is 0.0309. The summed E-state index contributed by atoms with van der Waals surface area (Å²) in [5.41, 5.74) is 6.85. The molecule has 0 saturated carbocycles. The van der Waals surface area contributed by atoms with Crippen LogP contribution in [0, 0.1) is 23.4 Å². The van der Waals surface area contributed by atoms with Gasteiger partial charge in [-0.05, 0) is 49.6 Å². The quantitative estimate of drug-likeness (QED) is 0.461. The van der Waals surface area contributed by atoms with Gasteiger partial charge in [0.25, 0.3) is 0 Å². The molecule has 2 aliphatic rings. The molecule has 10 heteroatoms. The van der Waals surface area contributed by atoms with Crippen LogP contribution in [0.3, 0.4) is 0 Å². The normalized spacial score (nSPS) is 21.1. The van der Waals surface area contributed by atoms with Crippen molar-refractivity contribution in [1.29, 1.82) is 0 Å². The minimum Gasteiger partial charge on any atom is -0.386 e. The molecule has 7 nitrogen and oxygen atoms in total. The zero-order valence-corrected chi connectivity index (χ0v) is 20.9. The van der Waals surface area contributed by atoms with Gasteiger partial charge in [-0.25, -0.2) is 18.2 Å². The number of nitrogens with zero attached hydrogens (tertiary/aromatic N) is 4. The molecule has 2 atom stereocenters. The highest BCUT2D eigenvalue weighted by Gasteiger charge is 2.37. The monoisotopic (exact) mass is 512 g/mol. The Hall–Kier alpha value is -3.37. The average molecular weight is 513 g/mol. The Morgan fingerprint density at radius 1 is 1.08 bits per heavy atom. The topological polar surface area (TPSA) is 90.5 Å². The summed E-state index contributed by atoms with van der Waals surface area (Å²) in [5.74, 6) is -2.19. The molecule has 4 N–H and O–H groups in total. The number of hydrogen-bond donors (Lipinski definition) is 3. The van der Waals surface area contributed by atoms with E-state index in [0.29, 0.717) is 17.3 Å². The predicted octanol–water partition coefficient (Wildman–Crippen LogP) is 3.92. The lowest BCUT2D eigenvalue weighted by Crippen LogP contribution is -2.60. The number of aromatic nitrogens is 2. The maximum atomic E-state index is 15.0. The van der Waals surface area contributed by atoms with E-state index in [-0.39, 0.29) is 25.7 Å². The molecule has 37 heavy (non-hydrogen) atoms. The summed E-state index contributed by atoms with van der Waals surface area (Å²) in [6, 6.07) is 6.93. The molecule has 0 amide bonds. The van der Waals surface area contributed by atoms with Crippen LogP contribution in [-0.2, 0) is 6.54 Å². The van der Waals surface area contributed by atoms with E-state index in [0.717, 1.165) is 49.1 Å². The molecule has 2 fully saturated rings. The van der Waals surface area contributed by atoms with Gasteiger partial charge in [0.1, 0.15) is 23.1 Å². The molecule has 0 spiro atoms. The summed E-state index contributed by atoms with van der Waals surface area (Å²) in [6.45, 7) is 6.14. The van der Waals surface area contributed by atoms with Gasteiger partial charge >= 0.3 is 0 Å². The molecule has 0 radical (unpaired) electrons. The van der Waals surface area contributed by atoms with Crippen molar-refractivity contribution in [3.8, 4) is 11.3 Å². The Morgan fingerprint density at radius 2 is 1.81 bits per heavy atom. The standard InChI is InChI=1S/C27H31F3N6O/c1-16-7-17(31)13-35(12-16)24-5-6-32-11-23(24)33-10-18-3-4-20(28)26(34-18)25-21(29)8-19(9-22(25)30)36-14-27(2,37)15-36/h3-6,8-9,11,16-17,33,37H,7,10,12-15,31H2,1-2H3/t16-,17+/m1/s1. The van der Waals surface area contributed by atoms with Crippen molar-refractivity contribution in [2.75, 3.05) is 41.3 Å². The van der Waals surface area contributed by atoms with Crippen molar-refractivity contribution in [3.05, 3.63) is 65.9 Å². The fourth-order valence-corrected chi connectivity index (χ4v) is 5.26. The van der Waals surface area contributed by atoms with Crippen LogP contribution in [0.2, 0.25) is 0 Å². The Balaban J connectivity index is 1.36. The number of nitrogens with two attached hydrogens (primary N) is 1. The van der Waals surface area contributed by atoms with Crippen LogP contribution >= 0.6 is 0 Å². The minimum atomic E-state index is -0.914. The molecule has 2 aromatic heterocycles. The highest BCUT2D eigenvalue weighted by atomic mass is 19.1. The summed E-state index contributed by atoms with van der Waals surface area (Å²) >= 11 is 0. The van der Waals surface area contributed by atoms with Crippen LogP contribution in [0.25, 0.3) is 11.3 Å². The van der Waals surface area contributed by atoms with Gasteiger partial charge in [0.15, 0.2) is 0 Å². The number of pyridine rings is 2. The number of hydrogen-bond acceptors (Lipinski definition) is 7. The first-order chi connectivity index (χ1) is 17.6. The maximum Gasteiger partial charge on any atom is 0.149 e. The molecule has 0 unspecified atom stereocenters. The van der Waals surface area contributed by atoms with Crippen LogP contribution in [0.1, 0.15) is 26.0 Å². The summed E-state index contributed by atoms with van der Waals surface area (Å²) < 4.78 is 44.7. The third kappa shape index (κ3) is 5.35. The predicted molar refractivity (Wildman–Crippen MR) is 138 cm³/mol. The zero-order valence-electron chi connectivity index (χ0n) is 20.9. The summed E-state index contributed by atoms with van der Waals surface area (Å²) in [5, 5.41) is 13.2. The Morgan fingerprint density at radius 3 is 2.49 bits per heavy atom. The van der Waals surface area contributed by atoms with E-state index in [9.17, 15) is 9.50 Å². The van der Waals surface area contributed by atoms with Crippen molar-refractivity contribution < 1.29 is 18.3 Å². The number of aliphatic hydroxyl groups is 1. The Bertz CT molecular complexity index is 1260. The van der Waals surface area contributed by atoms with Crippen molar-refractivity contribution in [2.24, 2.45) is 11.7 Å². The third-order valence-corrected chi connectivity index (χ3v) is 6.89. The van der Waals surface area contributed by atoms with Crippen LogP contribution < -0.4 is 20.9 Å². The third-order valence-electron chi connectivity index (χ3n) is 6.89. The number of benzene rings is 1. The van der Waals surface area contributed by atoms with Gasteiger partial charge in [0.2, 0.25) is 0 Å². The molecular formula is C27H31F3N6O. The van der Waals surface area contributed by atoms with E-state index in [1.165, 1.54) is 6.07 Å². The van der Waals surface area contributed by atoms with Gasteiger partial charge in [-0.3, -0.25) is 4.98 Å². The summed E-state index contributed by atoms with van der Waals surface area (Å²) in [7, 11) is 0. The van der Waals surface area contributed by atoms with Crippen molar-refractivity contribution in [3.63, 3.8) is 0 Å². The molecule has 0 bridgehead atoms. The average Bonchev–Trinajstić information content (AvgIpc) is 2.82. The maximum absolute atomic E-state index is 15.0. The van der Waals surface area contributed by atoms with Gasteiger partial charge in [-0.1, -0.05) is 6.92 Å². The van der Waals surface area contributed by atoms with Gasteiger partial charge in [0.05, 0.1) is 41.0 Å². The SMILES string of the molecule is C[C@@H]1C[C@H](N)CN(c2ccncc2NCc2ccc(F)c(-c3c(F)cc(N4CC(C)(O)C4)cc3F)n2)C1. The van der Waals surface area contributed by atoms with Gasteiger partial charge in [-0.15, -0.1) is 0 Å². The number of anilines is 3. The van der Waals surface area contributed by atoms with Crippen LogP contribution in [0.15, 0.2) is 42.7 Å². The number of halogens is 3. The van der Waals surface area contributed by atoms with E-state index >= 15 is 8.78 Å². The second kappa shape index (κ2) is 9.83. The first-order valence-corrected chi connectivity index (χ1v) is 12.4. The number of nitrogens with one attached hydrogen (secondary N) is 1. The zero-order chi connectivity index (χ0) is 26.3. The highest BCUT2D eigenvalue weighted by Crippen LogP contribution is 2.34. The van der Waals surface area contributed by atoms with Crippen LogP contribution in [0.5, 0.6) is 0 Å². The molecule has 2 saturated heterocycles. The number of β-amino-alcohol motifs (C(OH)–C–C–N with tert-alkyl or cyclic N) is 1. The molecule has 3 aromatic rings. The van der Waals surface area contributed by atoms with E-state index in [1.807, 2.05) is 6.07 Å². The molecule has 196 valence electrons. The molecule has 0 aliphatic carbocycles. The van der Waals surface area contributed by atoms with E-state index in [2.05, 4.69) is 27.1 Å². The van der Waals surface area contributed by atoms with E-state index in [1.54, 1.807) is 24.2 Å².